The lowest BCUT2D eigenvalue weighted by Crippen LogP contribution is -2.88. The first-order valence-corrected chi connectivity index (χ1v) is 6.28. The third kappa shape index (κ3) is 5.14. The van der Waals surface area contributed by atoms with Gasteiger partial charge in [0.1, 0.15) is 0 Å². The summed E-state index contributed by atoms with van der Waals surface area (Å²) >= 11 is 2.16. The predicted octanol–water partition coefficient (Wildman–Crippen LogP) is -0.461. The number of para-hydroxylation sites is 1. The van der Waals surface area contributed by atoms with Crippen molar-refractivity contribution >= 4 is 40.1 Å². The number of amides is 2. The quantitative estimate of drug-likeness (QED) is 0.630. The van der Waals surface area contributed by atoms with Crippen molar-refractivity contribution < 1.29 is 14.9 Å². The molecular formula is C11H15IN3O2+. The maximum absolute atomic E-state index is 11.6. The topological polar surface area (TPSA) is 74.8 Å². The Morgan fingerprint density at radius 1 is 1.24 bits per heavy atom. The van der Waals surface area contributed by atoms with Crippen LogP contribution in [0.4, 0.5) is 5.69 Å². The van der Waals surface area contributed by atoms with Crippen LogP contribution in [-0.4, -0.2) is 32.0 Å². The van der Waals surface area contributed by atoms with Gasteiger partial charge in [-0.1, -0.05) is 12.1 Å². The second-order valence-electron chi connectivity index (χ2n) is 3.40. The molecular weight excluding hydrogens is 333 g/mol. The van der Waals surface area contributed by atoms with Crippen LogP contribution in [-0.2, 0) is 9.59 Å². The molecule has 1 aromatic carbocycles. The molecule has 0 radical (unpaired) electrons. The minimum absolute atomic E-state index is 0.0907. The van der Waals surface area contributed by atoms with Crippen LogP contribution in [0.25, 0.3) is 0 Å². The summed E-state index contributed by atoms with van der Waals surface area (Å²) in [4.78, 5) is 22.5. The van der Waals surface area contributed by atoms with Crippen LogP contribution in [0.15, 0.2) is 24.3 Å². The largest absolute Gasteiger partial charge is 0.354 e. The van der Waals surface area contributed by atoms with Gasteiger partial charge in [-0.15, -0.1) is 0 Å². The number of nitrogens with two attached hydrogens (primary N) is 1. The highest BCUT2D eigenvalue weighted by atomic mass is 127. The molecule has 0 aliphatic heterocycles. The number of quaternary nitrogens is 1. The number of carbonyl (C=O) groups is 2. The zero-order chi connectivity index (χ0) is 12.7. The van der Waals surface area contributed by atoms with Crippen molar-refractivity contribution in [1.82, 2.24) is 5.32 Å². The Morgan fingerprint density at radius 2 is 1.88 bits per heavy atom. The zero-order valence-electron chi connectivity index (χ0n) is 9.50. The van der Waals surface area contributed by atoms with Gasteiger partial charge >= 0.3 is 0 Å². The standard InChI is InChI=1S/C11H14IN3O2/c1-13-10(16)6-14-7-11(17)15-9-5-3-2-4-8(9)12/h2-5,14H,6-7H2,1H3,(H,13,16)(H,15,17)/p+1. The number of nitrogens with one attached hydrogen (secondary N) is 2. The summed E-state index contributed by atoms with van der Waals surface area (Å²) in [5.41, 5.74) is 0.798. The molecule has 1 aromatic rings. The summed E-state index contributed by atoms with van der Waals surface area (Å²) in [6.07, 6.45) is 0. The van der Waals surface area contributed by atoms with Gasteiger partial charge in [-0.2, -0.15) is 0 Å². The lowest BCUT2D eigenvalue weighted by molar-refractivity contribution is -0.632. The van der Waals surface area contributed by atoms with Crippen LogP contribution >= 0.6 is 22.6 Å². The van der Waals surface area contributed by atoms with Crippen LogP contribution in [0.5, 0.6) is 0 Å². The van der Waals surface area contributed by atoms with Crippen LogP contribution in [0.1, 0.15) is 0 Å². The molecule has 5 nitrogen and oxygen atoms in total. The second kappa shape index (κ2) is 7.23. The Labute approximate surface area is 113 Å². The average molecular weight is 348 g/mol. The van der Waals surface area contributed by atoms with Crippen molar-refractivity contribution in [3.63, 3.8) is 0 Å². The number of likely N-dealkylation sites (N-methyl/N-ethyl adjacent to an activating group) is 1. The van der Waals surface area contributed by atoms with Crippen molar-refractivity contribution in [2.24, 2.45) is 0 Å². The molecule has 0 saturated carbocycles. The maximum atomic E-state index is 11.6. The highest BCUT2D eigenvalue weighted by Gasteiger charge is 2.07. The van der Waals surface area contributed by atoms with E-state index >= 15 is 0 Å². The molecule has 17 heavy (non-hydrogen) atoms. The summed E-state index contributed by atoms with van der Waals surface area (Å²) in [6.45, 7) is 0.494. The van der Waals surface area contributed by atoms with Gasteiger partial charge < -0.3 is 16.0 Å². The number of halogens is 1. The minimum Gasteiger partial charge on any atom is -0.354 e. The third-order valence-corrected chi connectivity index (χ3v) is 3.03. The molecule has 0 unspecified atom stereocenters. The zero-order valence-corrected chi connectivity index (χ0v) is 11.7. The van der Waals surface area contributed by atoms with Crippen LogP contribution in [0.2, 0.25) is 0 Å². The van der Waals surface area contributed by atoms with Crippen molar-refractivity contribution in [1.29, 1.82) is 0 Å². The highest BCUT2D eigenvalue weighted by molar-refractivity contribution is 14.1. The Balaban J connectivity index is 2.35. The lowest BCUT2D eigenvalue weighted by Gasteiger charge is -2.06. The van der Waals surface area contributed by atoms with E-state index in [0.29, 0.717) is 0 Å². The molecule has 0 fully saturated rings. The van der Waals surface area contributed by atoms with Crippen LogP contribution in [0, 0.1) is 3.57 Å². The summed E-state index contributed by atoms with van der Waals surface area (Å²) in [6, 6.07) is 7.55. The molecule has 0 aliphatic carbocycles. The molecule has 0 saturated heterocycles. The Kier molecular flexibility index (Phi) is 5.92. The number of rotatable bonds is 5. The fourth-order valence-corrected chi connectivity index (χ4v) is 1.72. The lowest BCUT2D eigenvalue weighted by atomic mass is 10.3. The van der Waals surface area contributed by atoms with E-state index in [9.17, 15) is 9.59 Å². The molecule has 2 amide bonds. The van der Waals surface area contributed by atoms with Crippen molar-refractivity contribution in [2.45, 2.75) is 0 Å². The van der Waals surface area contributed by atoms with E-state index in [1.54, 1.807) is 12.4 Å². The summed E-state index contributed by atoms with van der Waals surface area (Å²) in [5.74, 6) is -0.204. The summed E-state index contributed by atoms with van der Waals surface area (Å²) < 4.78 is 0.991. The average Bonchev–Trinajstić information content (AvgIpc) is 2.32. The fourth-order valence-electron chi connectivity index (χ4n) is 1.20. The van der Waals surface area contributed by atoms with Gasteiger partial charge in [-0.3, -0.25) is 9.59 Å². The first kappa shape index (κ1) is 13.9. The molecule has 0 aromatic heterocycles. The molecule has 0 aliphatic rings. The fraction of sp³-hybridized carbons (Fsp3) is 0.273. The number of benzene rings is 1. The van der Waals surface area contributed by atoms with E-state index in [-0.39, 0.29) is 24.9 Å². The normalized spacial score (nSPS) is 9.76. The van der Waals surface area contributed by atoms with Crippen LogP contribution < -0.4 is 16.0 Å². The van der Waals surface area contributed by atoms with Gasteiger partial charge in [0, 0.05) is 10.6 Å². The van der Waals surface area contributed by atoms with E-state index in [4.69, 9.17) is 0 Å². The van der Waals surface area contributed by atoms with E-state index < -0.39 is 0 Å². The van der Waals surface area contributed by atoms with Gasteiger partial charge in [-0.05, 0) is 34.7 Å². The molecule has 0 atom stereocenters. The van der Waals surface area contributed by atoms with E-state index in [0.717, 1.165) is 9.26 Å². The summed E-state index contributed by atoms with van der Waals surface area (Å²) in [7, 11) is 1.57. The first-order chi connectivity index (χ1) is 8.13. The van der Waals surface area contributed by atoms with Gasteiger partial charge in [0.2, 0.25) is 0 Å². The molecule has 1 rings (SSSR count). The summed E-state index contributed by atoms with van der Waals surface area (Å²) in [5, 5.41) is 6.94. The molecule has 4 N–H and O–H groups in total. The van der Waals surface area contributed by atoms with E-state index in [1.807, 2.05) is 24.3 Å². The van der Waals surface area contributed by atoms with E-state index in [1.165, 1.54) is 0 Å². The highest BCUT2D eigenvalue weighted by Crippen LogP contribution is 2.16. The van der Waals surface area contributed by atoms with Crippen molar-refractivity contribution in [3.8, 4) is 0 Å². The van der Waals surface area contributed by atoms with Gasteiger partial charge in [0.15, 0.2) is 13.1 Å². The van der Waals surface area contributed by atoms with E-state index in [2.05, 4.69) is 33.2 Å². The van der Waals surface area contributed by atoms with Gasteiger partial charge in [0.25, 0.3) is 11.8 Å². The second-order valence-corrected chi connectivity index (χ2v) is 4.56. The Hall–Kier alpha value is -1.15. The number of carbonyl (C=O) groups excluding carboxylic acids is 2. The predicted molar refractivity (Wildman–Crippen MR) is 73.5 cm³/mol. The van der Waals surface area contributed by atoms with Crippen molar-refractivity contribution in [3.05, 3.63) is 27.8 Å². The molecule has 0 spiro atoms. The third-order valence-electron chi connectivity index (χ3n) is 2.09. The first-order valence-electron chi connectivity index (χ1n) is 5.20. The number of hydrogen-bond donors (Lipinski definition) is 3. The van der Waals surface area contributed by atoms with Gasteiger partial charge in [0.05, 0.1) is 5.69 Å². The number of anilines is 1. The van der Waals surface area contributed by atoms with Crippen molar-refractivity contribution in [2.75, 3.05) is 25.5 Å². The molecule has 6 heteroatoms. The SMILES string of the molecule is CNC(=O)C[NH2+]CC(=O)Nc1ccccc1I. The molecule has 0 heterocycles. The Morgan fingerprint density at radius 3 is 2.53 bits per heavy atom. The molecule has 0 bridgehead atoms. The number of hydrogen-bond acceptors (Lipinski definition) is 2. The minimum atomic E-state index is -0.113. The Bertz CT molecular complexity index is 409. The monoisotopic (exact) mass is 348 g/mol. The van der Waals surface area contributed by atoms with Gasteiger partial charge in [-0.25, -0.2) is 0 Å². The molecule has 92 valence electrons. The maximum Gasteiger partial charge on any atom is 0.279 e. The van der Waals surface area contributed by atoms with Crippen LogP contribution in [0.3, 0.4) is 0 Å². The smallest absolute Gasteiger partial charge is 0.279 e.